The number of nitrogens with one attached hydrogen (secondary N) is 1. The minimum atomic E-state index is 0.112. The molecule has 29 heavy (non-hydrogen) atoms. The predicted molar refractivity (Wildman–Crippen MR) is 112 cm³/mol. The lowest BCUT2D eigenvalue weighted by Gasteiger charge is -2.17. The second-order valence-electron chi connectivity index (χ2n) is 7.75. The molecule has 0 aliphatic carbocycles. The molecule has 1 unspecified atom stereocenters. The van der Waals surface area contributed by atoms with Gasteiger partial charge in [0.25, 0.3) is 5.91 Å². The predicted octanol–water partition coefficient (Wildman–Crippen LogP) is 3.51. The van der Waals surface area contributed by atoms with Crippen LogP contribution in [0.3, 0.4) is 0 Å². The zero-order valence-corrected chi connectivity index (χ0v) is 16.2. The Hall–Kier alpha value is -3.41. The summed E-state index contributed by atoms with van der Waals surface area (Å²) in [7, 11) is 0. The van der Waals surface area contributed by atoms with Crippen molar-refractivity contribution in [2.45, 2.75) is 19.4 Å². The van der Waals surface area contributed by atoms with Crippen molar-refractivity contribution in [1.29, 1.82) is 0 Å². The van der Waals surface area contributed by atoms with Gasteiger partial charge in [-0.05, 0) is 42.2 Å². The highest BCUT2D eigenvalue weighted by atomic mass is 16.2. The number of benzene rings is 2. The molecule has 4 aromatic rings. The first-order valence-corrected chi connectivity index (χ1v) is 10.0. The summed E-state index contributed by atoms with van der Waals surface area (Å²) in [5.74, 6) is 1.51. The van der Waals surface area contributed by atoms with Crippen LogP contribution in [0.5, 0.6) is 0 Å². The fraction of sp³-hybridized carbons (Fsp3) is 0.261. The van der Waals surface area contributed by atoms with Crippen molar-refractivity contribution in [2.75, 3.05) is 13.1 Å². The Balaban J connectivity index is 1.24. The summed E-state index contributed by atoms with van der Waals surface area (Å²) in [6.07, 6.45) is 5.53. The van der Waals surface area contributed by atoms with Crippen LogP contribution >= 0.6 is 0 Å². The highest BCUT2D eigenvalue weighted by Gasteiger charge is 2.28. The quantitative estimate of drug-likeness (QED) is 0.572. The van der Waals surface area contributed by atoms with E-state index in [1.54, 1.807) is 6.33 Å². The molecule has 1 atom stereocenters. The molecule has 0 spiro atoms. The van der Waals surface area contributed by atoms with Crippen molar-refractivity contribution in [3.63, 3.8) is 0 Å². The third kappa shape index (κ3) is 3.66. The maximum Gasteiger partial charge on any atom is 0.253 e. The molecule has 6 nitrogen and oxygen atoms in total. The molecule has 146 valence electrons. The highest BCUT2D eigenvalue weighted by Crippen LogP contribution is 2.23. The number of rotatable bonds is 5. The van der Waals surface area contributed by atoms with Crippen molar-refractivity contribution in [3.05, 3.63) is 84.1 Å². The number of aromatic nitrogens is 4. The Bertz CT molecular complexity index is 1130. The monoisotopic (exact) mass is 385 g/mol. The number of fused-ring (bicyclic) bond motifs is 1. The average molecular weight is 385 g/mol. The molecule has 1 fully saturated rings. The second-order valence-corrected chi connectivity index (χ2v) is 7.75. The van der Waals surface area contributed by atoms with E-state index >= 15 is 0 Å². The van der Waals surface area contributed by atoms with Crippen LogP contribution in [0, 0.1) is 5.92 Å². The van der Waals surface area contributed by atoms with E-state index in [4.69, 9.17) is 0 Å². The molecule has 1 amide bonds. The van der Waals surface area contributed by atoms with Crippen molar-refractivity contribution < 1.29 is 4.79 Å². The molecule has 1 aliphatic rings. The standard InChI is InChI=1S/C23H23N5O/c29-23(20-6-7-21-19(13-20)8-10-24-21)27-11-9-18(15-27)12-22-26-25-16-28(22)14-17-4-2-1-3-5-17/h1-8,10,13,16,18,24H,9,11-12,14-15H2. The lowest BCUT2D eigenvalue weighted by Crippen LogP contribution is -2.29. The van der Waals surface area contributed by atoms with Crippen LogP contribution < -0.4 is 0 Å². The Morgan fingerprint density at radius 3 is 2.93 bits per heavy atom. The number of carbonyl (C=O) groups excluding carboxylic acids is 1. The number of hydrogen-bond donors (Lipinski definition) is 1. The van der Waals surface area contributed by atoms with Crippen LogP contribution in [0.2, 0.25) is 0 Å². The molecule has 0 radical (unpaired) electrons. The maximum atomic E-state index is 13.0. The Labute approximate surface area is 169 Å². The number of H-pyrrole nitrogens is 1. The summed E-state index contributed by atoms with van der Waals surface area (Å²) in [6, 6.07) is 18.2. The third-order valence-corrected chi connectivity index (χ3v) is 5.74. The van der Waals surface area contributed by atoms with E-state index < -0.39 is 0 Å². The zero-order chi connectivity index (χ0) is 19.6. The van der Waals surface area contributed by atoms with Gasteiger partial charge in [-0.2, -0.15) is 0 Å². The van der Waals surface area contributed by atoms with E-state index in [-0.39, 0.29) is 5.91 Å². The zero-order valence-electron chi connectivity index (χ0n) is 16.2. The summed E-state index contributed by atoms with van der Waals surface area (Å²) < 4.78 is 2.11. The van der Waals surface area contributed by atoms with Gasteiger partial charge in [-0.15, -0.1) is 10.2 Å². The number of carbonyl (C=O) groups is 1. The van der Waals surface area contributed by atoms with Crippen molar-refractivity contribution in [1.82, 2.24) is 24.6 Å². The first-order valence-electron chi connectivity index (χ1n) is 10.0. The highest BCUT2D eigenvalue weighted by molar-refractivity contribution is 5.98. The molecule has 0 bridgehead atoms. The Morgan fingerprint density at radius 1 is 1.14 bits per heavy atom. The van der Waals surface area contributed by atoms with Gasteiger partial charge in [-0.1, -0.05) is 30.3 Å². The molecule has 1 aliphatic heterocycles. The van der Waals surface area contributed by atoms with Crippen LogP contribution in [0.4, 0.5) is 0 Å². The molecule has 1 saturated heterocycles. The first-order chi connectivity index (χ1) is 14.3. The summed E-state index contributed by atoms with van der Waals surface area (Å²) in [4.78, 5) is 18.1. The molecular weight excluding hydrogens is 362 g/mol. The topological polar surface area (TPSA) is 66.8 Å². The molecule has 0 saturated carbocycles. The van der Waals surface area contributed by atoms with E-state index in [2.05, 4.69) is 31.9 Å². The van der Waals surface area contributed by atoms with Gasteiger partial charge in [0.15, 0.2) is 0 Å². The molecular formula is C23H23N5O. The van der Waals surface area contributed by atoms with Crippen LogP contribution in [0.1, 0.15) is 28.2 Å². The van der Waals surface area contributed by atoms with E-state index in [0.717, 1.165) is 54.8 Å². The van der Waals surface area contributed by atoms with Gasteiger partial charge < -0.3 is 14.5 Å². The largest absolute Gasteiger partial charge is 0.361 e. The van der Waals surface area contributed by atoms with Gasteiger partial charge in [-0.25, -0.2) is 0 Å². The van der Waals surface area contributed by atoms with Crippen molar-refractivity contribution in [3.8, 4) is 0 Å². The second kappa shape index (κ2) is 7.54. The van der Waals surface area contributed by atoms with E-state index in [1.807, 2.05) is 53.6 Å². The van der Waals surface area contributed by atoms with Crippen LogP contribution in [0.25, 0.3) is 10.9 Å². The molecule has 2 aromatic heterocycles. The molecule has 6 heteroatoms. The van der Waals surface area contributed by atoms with Crippen molar-refractivity contribution >= 4 is 16.8 Å². The van der Waals surface area contributed by atoms with Crippen LogP contribution in [-0.2, 0) is 13.0 Å². The summed E-state index contributed by atoms with van der Waals surface area (Å²) >= 11 is 0. The van der Waals surface area contributed by atoms with E-state index in [1.165, 1.54) is 5.56 Å². The Morgan fingerprint density at radius 2 is 2.03 bits per heavy atom. The molecule has 3 heterocycles. The summed E-state index contributed by atoms with van der Waals surface area (Å²) in [5, 5.41) is 9.52. The normalized spacial score (nSPS) is 16.6. The molecule has 1 N–H and O–H groups in total. The number of likely N-dealkylation sites (tertiary alicyclic amines) is 1. The summed E-state index contributed by atoms with van der Waals surface area (Å²) in [5.41, 5.74) is 3.04. The first kappa shape index (κ1) is 17.7. The summed E-state index contributed by atoms with van der Waals surface area (Å²) in [6.45, 7) is 2.33. The van der Waals surface area contributed by atoms with Gasteiger partial charge >= 0.3 is 0 Å². The molecule has 5 rings (SSSR count). The number of aromatic amines is 1. The van der Waals surface area contributed by atoms with Gasteiger partial charge in [0, 0.05) is 42.2 Å². The van der Waals surface area contributed by atoms with E-state index in [9.17, 15) is 4.79 Å². The fourth-order valence-electron chi connectivity index (χ4n) is 4.16. The number of nitrogens with zero attached hydrogens (tertiary/aromatic N) is 4. The average Bonchev–Trinajstić information content (AvgIpc) is 3.50. The number of amides is 1. The number of hydrogen-bond acceptors (Lipinski definition) is 3. The van der Waals surface area contributed by atoms with Crippen LogP contribution in [-0.4, -0.2) is 43.6 Å². The lowest BCUT2D eigenvalue weighted by atomic mass is 10.0. The van der Waals surface area contributed by atoms with Crippen molar-refractivity contribution in [2.24, 2.45) is 5.92 Å². The van der Waals surface area contributed by atoms with Gasteiger partial charge in [0.05, 0.1) is 6.54 Å². The van der Waals surface area contributed by atoms with Crippen LogP contribution in [0.15, 0.2) is 67.1 Å². The maximum absolute atomic E-state index is 13.0. The minimum absolute atomic E-state index is 0.112. The minimum Gasteiger partial charge on any atom is -0.361 e. The SMILES string of the molecule is O=C(c1ccc2[nH]ccc2c1)N1CCC(Cc2nncn2Cc2ccccc2)C1. The smallest absolute Gasteiger partial charge is 0.253 e. The fourth-order valence-corrected chi connectivity index (χ4v) is 4.16. The van der Waals surface area contributed by atoms with Gasteiger partial charge in [0.2, 0.25) is 0 Å². The Kier molecular flexibility index (Phi) is 4.60. The molecule has 2 aromatic carbocycles. The van der Waals surface area contributed by atoms with E-state index in [0.29, 0.717) is 5.92 Å². The lowest BCUT2D eigenvalue weighted by molar-refractivity contribution is 0.0787. The van der Waals surface area contributed by atoms with Gasteiger partial charge in [-0.3, -0.25) is 4.79 Å². The van der Waals surface area contributed by atoms with Gasteiger partial charge in [0.1, 0.15) is 12.2 Å². The third-order valence-electron chi connectivity index (χ3n) is 5.74.